The van der Waals surface area contributed by atoms with Gasteiger partial charge in [0.25, 0.3) is 6.43 Å². The summed E-state index contributed by atoms with van der Waals surface area (Å²) in [6.07, 6.45) is -0.373. The predicted molar refractivity (Wildman–Crippen MR) is 153 cm³/mol. The lowest BCUT2D eigenvalue weighted by atomic mass is 9.86. The van der Waals surface area contributed by atoms with Gasteiger partial charge >= 0.3 is 0 Å². The van der Waals surface area contributed by atoms with Crippen molar-refractivity contribution < 1.29 is 18.3 Å². The van der Waals surface area contributed by atoms with E-state index in [1.165, 1.54) is 23.4 Å². The fraction of sp³-hybridized carbons (Fsp3) is 0.355. The Bertz CT molecular complexity index is 1460. The summed E-state index contributed by atoms with van der Waals surface area (Å²) in [4.78, 5) is 16.7. The first-order valence-electron chi connectivity index (χ1n) is 12.9. The summed E-state index contributed by atoms with van der Waals surface area (Å²) in [7, 11) is 1.54. The molecule has 1 N–H and O–H groups in total. The van der Waals surface area contributed by atoms with Gasteiger partial charge in [0.2, 0.25) is 5.91 Å². The molecule has 1 aliphatic rings. The van der Waals surface area contributed by atoms with Crippen LogP contribution in [-0.4, -0.2) is 24.2 Å². The van der Waals surface area contributed by atoms with Crippen molar-refractivity contribution in [3.05, 3.63) is 87.6 Å². The molecule has 3 aromatic rings. The average Bonchev–Trinajstić information content (AvgIpc) is 3.72. The van der Waals surface area contributed by atoms with Crippen molar-refractivity contribution in [2.75, 3.05) is 7.11 Å². The molecule has 40 heavy (non-hydrogen) atoms. The maximum atomic E-state index is 13.3. The van der Waals surface area contributed by atoms with E-state index in [9.17, 15) is 18.8 Å². The first kappa shape index (κ1) is 29.2. The lowest BCUT2D eigenvalue weighted by Crippen LogP contribution is -2.20. The molecule has 0 bridgehead atoms. The number of halogens is 2. The van der Waals surface area contributed by atoms with Crippen LogP contribution in [0.5, 0.6) is 5.75 Å². The summed E-state index contributed by atoms with van der Waals surface area (Å²) < 4.78 is 32.0. The zero-order valence-electron chi connectivity index (χ0n) is 23.2. The molecule has 0 aliphatic heterocycles. The van der Waals surface area contributed by atoms with E-state index >= 15 is 0 Å². The number of amides is 1. The molecule has 1 aromatic heterocycles. The topological polar surface area (TPSA) is 87.4 Å². The van der Waals surface area contributed by atoms with Gasteiger partial charge in [0, 0.05) is 17.2 Å². The SMILES string of the molecule is COc1ccc(/C=N/NC(=O)[C@H]2C[C@@H]2c2ccc(C(C)(C)C)cc2)cc1CSc1nc(C(F)F)cc(C)c1C#N. The highest BCUT2D eigenvalue weighted by molar-refractivity contribution is 7.98. The van der Waals surface area contributed by atoms with Gasteiger partial charge in [-0.05, 0) is 71.2 Å². The summed E-state index contributed by atoms with van der Waals surface area (Å²) in [6, 6.07) is 17.2. The highest BCUT2D eigenvalue weighted by atomic mass is 32.2. The number of alkyl halides is 2. The first-order chi connectivity index (χ1) is 19.0. The van der Waals surface area contributed by atoms with E-state index in [-0.39, 0.29) is 39.4 Å². The Morgan fingerprint density at radius 1 is 1.25 bits per heavy atom. The second-order valence-electron chi connectivity index (χ2n) is 10.9. The lowest BCUT2D eigenvalue weighted by molar-refractivity contribution is -0.122. The van der Waals surface area contributed by atoms with Gasteiger partial charge in [-0.25, -0.2) is 19.2 Å². The summed E-state index contributed by atoms with van der Waals surface area (Å²) in [6.45, 7) is 8.15. The Balaban J connectivity index is 1.39. The molecule has 2 aromatic carbocycles. The Labute approximate surface area is 237 Å². The number of rotatable bonds is 9. The second-order valence-corrected chi connectivity index (χ2v) is 11.8. The van der Waals surface area contributed by atoms with E-state index in [1.54, 1.807) is 32.4 Å². The number of thioether (sulfide) groups is 1. The third-order valence-electron chi connectivity index (χ3n) is 6.93. The van der Waals surface area contributed by atoms with Crippen molar-refractivity contribution in [1.29, 1.82) is 5.26 Å². The molecule has 1 amide bonds. The van der Waals surface area contributed by atoms with Crippen LogP contribution in [0.1, 0.15) is 78.6 Å². The molecule has 2 atom stereocenters. The van der Waals surface area contributed by atoms with Crippen LogP contribution in [0.4, 0.5) is 8.78 Å². The van der Waals surface area contributed by atoms with Crippen LogP contribution in [0, 0.1) is 24.2 Å². The highest BCUT2D eigenvalue weighted by Crippen LogP contribution is 2.47. The molecule has 6 nitrogen and oxygen atoms in total. The number of aryl methyl sites for hydroxylation is 1. The summed E-state index contributed by atoms with van der Waals surface area (Å²) in [5.41, 5.74) is 7.04. The molecule has 1 aliphatic carbocycles. The number of aromatic nitrogens is 1. The average molecular weight is 563 g/mol. The molecule has 9 heteroatoms. The van der Waals surface area contributed by atoms with Crippen LogP contribution in [-0.2, 0) is 16.0 Å². The number of carbonyl (C=O) groups is 1. The number of nitrogens with zero attached hydrogens (tertiary/aromatic N) is 3. The number of hydrogen-bond acceptors (Lipinski definition) is 6. The number of pyridine rings is 1. The Hall–Kier alpha value is -3.77. The van der Waals surface area contributed by atoms with E-state index < -0.39 is 6.43 Å². The smallest absolute Gasteiger partial charge is 0.280 e. The zero-order chi connectivity index (χ0) is 29.0. The van der Waals surface area contributed by atoms with Gasteiger partial charge in [-0.2, -0.15) is 10.4 Å². The zero-order valence-corrected chi connectivity index (χ0v) is 24.0. The maximum Gasteiger partial charge on any atom is 0.280 e. The second kappa shape index (κ2) is 12.2. The largest absolute Gasteiger partial charge is 0.496 e. The van der Waals surface area contributed by atoms with Crippen LogP contribution < -0.4 is 10.2 Å². The minimum atomic E-state index is -2.73. The molecule has 0 unspecified atom stereocenters. The minimum absolute atomic E-state index is 0.0858. The van der Waals surface area contributed by atoms with E-state index in [4.69, 9.17) is 4.74 Å². The third kappa shape index (κ3) is 6.86. The predicted octanol–water partition coefficient (Wildman–Crippen LogP) is 7.05. The quantitative estimate of drug-likeness (QED) is 0.172. The molecule has 0 saturated heterocycles. The fourth-order valence-electron chi connectivity index (χ4n) is 4.49. The number of methoxy groups -OCH3 is 1. The van der Waals surface area contributed by atoms with Crippen molar-refractivity contribution in [2.24, 2.45) is 11.0 Å². The number of benzene rings is 2. The molecular weight excluding hydrogens is 530 g/mol. The number of hydrogen-bond donors (Lipinski definition) is 1. The third-order valence-corrected chi connectivity index (χ3v) is 7.95. The molecule has 4 rings (SSSR count). The van der Waals surface area contributed by atoms with Gasteiger partial charge in [0.1, 0.15) is 22.5 Å². The maximum absolute atomic E-state index is 13.3. The van der Waals surface area contributed by atoms with Crippen molar-refractivity contribution in [2.45, 2.75) is 62.7 Å². The Morgan fingerprint density at radius 3 is 2.60 bits per heavy atom. The van der Waals surface area contributed by atoms with Gasteiger partial charge in [0.05, 0.1) is 18.9 Å². The molecule has 208 valence electrons. The van der Waals surface area contributed by atoms with E-state index in [1.807, 2.05) is 6.07 Å². The summed E-state index contributed by atoms with van der Waals surface area (Å²) in [5, 5.41) is 13.9. The van der Waals surface area contributed by atoms with Gasteiger partial charge < -0.3 is 4.74 Å². The highest BCUT2D eigenvalue weighted by Gasteiger charge is 2.44. The fourth-order valence-corrected chi connectivity index (χ4v) is 5.53. The van der Waals surface area contributed by atoms with Crippen molar-refractivity contribution in [3.8, 4) is 11.8 Å². The van der Waals surface area contributed by atoms with Crippen LogP contribution >= 0.6 is 11.8 Å². The van der Waals surface area contributed by atoms with Gasteiger partial charge in [0.15, 0.2) is 0 Å². The van der Waals surface area contributed by atoms with E-state index in [0.717, 1.165) is 23.1 Å². The molecule has 1 saturated carbocycles. The number of hydrazone groups is 1. The number of nitriles is 1. The molecule has 0 spiro atoms. The van der Waals surface area contributed by atoms with Crippen LogP contribution in [0.2, 0.25) is 0 Å². The normalized spacial score (nSPS) is 16.7. The first-order valence-corrected chi connectivity index (χ1v) is 13.9. The van der Waals surface area contributed by atoms with Crippen molar-refractivity contribution in [3.63, 3.8) is 0 Å². The minimum Gasteiger partial charge on any atom is -0.496 e. The Morgan fingerprint density at radius 2 is 1.98 bits per heavy atom. The van der Waals surface area contributed by atoms with E-state index in [0.29, 0.717) is 17.1 Å². The number of ether oxygens (including phenoxy) is 1. The van der Waals surface area contributed by atoms with Crippen molar-refractivity contribution >= 4 is 23.9 Å². The Kier molecular flexibility index (Phi) is 8.89. The summed E-state index contributed by atoms with van der Waals surface area (Å²) in [5.74, 6) is 0.924. The molecule has 1 fully saturated rings. The van der Waals surface area contributed by atoms with Crippen molar-refractivity contribution in [1.82, 2.24) is 10.4 Å². The van der Waals surface area contributed by atoms with Crippen LogP contribution in [0.15, 0.2) is 58.7 Å². The van der Waals surface area contributed by atoms with E-state index in [2.05, 4.69) is 66.6 Å². The summed E-state index contributed by atoms with van der Waals surface area (Å²) >= 11 is 1.19. The standard InChI is InChI=1S/C31H32F2N4O2S/c1-18-12-26(28(32)33)36-30(25(18)15-34)40-17-21-13-19(6-11-27(21)39-5)16-35-37-29(38)24-14-23(24)20-7-9-22(10-8-20)31(2,3)4/h6-13,16,23-24,28H,14,17H2,1-5H3,(H,37,38)/b35-16+/t23-,24+/m1/s1. The molecule has 1 heterocycles. The molecular formula is C31H32F2N4O2S. The van der Waals surface area contributed by atoms with Gasteiger partial charge in [-0.1, -0.05) is 45.0 Å². The lowest BCUT2D eigenvalue weighted by Gasteiger charge is -2.19. The van der Waals surface area contributed by atoms with Crippen LogP contribution in [0.3, 0.4) is 0 Å². The number of carbonyl (C=O) groups excluding carboxylic acids is 1. The monoisotopic (exact) mass is 562 g/mol. The van der Waals surface area contributed by atoms with Gasteiger partial charge in [-0.15, -0.1) is 11.8 Å². The number of nitrogens with one attached hydrogen (secondary N) is 1. The van der Waals surface area contributed by atoms with Crippen LogP contribution in [0.25, 0.3) is 0 Å². The van der Waals surface area contributed by atoms with Gasteiger partial charge in [-0.3, -0.25) is 4.79 Å². The molecule has 0 radical (unpaired) electrons.